The first kappa shape index (κ1) is 38.7. The van der Waals surface area contributed by atoms with Gasteiger partial charge in [0.05, 0.1) is 70.8 Å². The molecular formula is C28H40N2O15S. The number of fused-ring (bicyclic) bond motifs is 22. The third-order valence-electron chi connectivity index (χ3n) is 5.67. The number of methoxy groups -OCH3 is 1. The minimum atomic E-state index is -1.03. The van der Waals surface area contributed by atoms with Gasteiger partial charge in [0.15, 0.2) is 25.1 Å². The van der Waals surface area contributed by atoms with Gasteiger partial charge in [-0.15, -0.1) is 0 Å². The van der Waals surface area contributed by atoms with E-state index in [1.54, 1.807) is 0 Å². The van der Waals surface area contributed by atoms with Crippen LogP contribution in [0, 0.1) is 10.1 Å². The van der Waals surface area contributed by atoms with Gasteiger partial charge in [-0.3, -0.25) is 14.9 Å². The average molecular weight is 677 g/mol. The van der Waals surface area contributed by atoms with Crippen LogP contribution in [0.2, 0.25) is 0 Å². The molecule has 0 aromatic heterocycles. The summed E-state index contributed by atoms with van der Waals surface area (Å²) < 4.78 is 42.6. The Kier molecular flexibility index (Phi) is 19.2. The molecule has 1 N–H and O–H groups in total. The predicted molar refractivity (Wildman–Crippen MR) is 160 cm³/mol. The van der Waals surface area contributed by atoms with Crippen molar-refractivity contribution >= 4 is 35.3 Å². The number of hydrogen-bond donors (Lipinski definition) is 1. The molecule has 0 spiro atoms. The van der Waals surface area contributed by atoms with Gasteiger partial charge in [0.2, 0.25) is 5.91 Å². The summed E-state index contributed by atoms with van der Waals surface area (Å²) >= 11 is 1.16. The van der Waals surface area contributed by atoms with Crippen molar-refractivity contribution in [1.29, 1.82) is 0 Å². The standard InChI is InChI=1S/C28H40N2O15S/c1-20(2)27(32)43-18-39-11-13-41-24-14-21-16-46-17-22(28(33)36-3)29-26(31)4-5-44-45-19-40-9-8-37-6-7-38-10-12-42-25(24)15-23(21)30(34)35/h14-15,22H,1,4-13,16-19H2,2-3H3,(H,29,31). The van der Waals surface area contributed by atoms with Gasteiger partial charge in [0.1, 0.15) is 19.3 Å². The third-order valence-corrected chi connectivity index (χ3v) is 6.75. The van der Waals surface area contributed by atoms with E-state index in [1.807, 2.05) is 0 Å². The van der Waals surface area contributed by atoms with Crippen molar-refractivity contribution < 1.29 is 67.0 Å². The first-order valence-corrected chi connectivity index (χ1v) is 15.3. The topological polar surface area (TPSA) is 199 Å². The molecule has 1 atom stereocenters. The van der Waals surface area contributed by atoms with Crippen LogP contribution in [-0.4, -0.2) is 115 Å². The molecule has 2 heterocycles. The summed E-state index contributed by atoms with van der Waals surface area (Å²) in [7, 11) is 1.18. The zero-order valence-electron chi connectivity index (χ0n) is 25.8. The largest absolute Gasteiger partial charge is 0.487 e. The molecule has 1 aromatic carbocycles. The minimum Gasteiger partial charge on any atom is -0.487 e. The lowest BCUT2D eigenvalue weighted by Crippen LogP contribution is -2.43. The second-order valence-corrected chi connectivity index (χ2v) is 10.2. The fourth-order valence-electron chi connectivity index (χ4n) is 3.43. The van der Waals surface area contributed by atoms with Gasteiger partial charge in [0, 0.05) is 22.6 Å². The Balaban J connectivity index is 2.16. The van der Waals surface area contributed by atoms with Crippen molar-refractivity contribution in [1.82, 2.24) is 5.32 Å². The lowest BCUT2D eigenvalue weighted by molar-refractivity contribution is -0.385. The van der Waals surface area contributed by atoms with Gasteiger partial charge in [-0.1, -0.05) is 6.58 Å². The molecule has 0 aliphatic carbocycles. The molecule has 3 rings (SSSR count). The molecule has 2 bridgehead atoms. The van der Waals surface area contributed by atoms with E-state index in [2.05, 4.69) is 11.9 Å². The Bertz CT molecular complexity index is 1140. The van der Waals surface area contributed by atoms with Crippen molar-refractivity contribution in [3.8, 4) is 11.5 Å². The number of nitrogens with one attached hydrogen (secondary N) is 1. The fraction of sp³-hybridized carbons (Fsp3) is 0.607. The van der Waals surface area contributed by atoms with Gasteiger partial charge in [-0.25, -0.2) is 19.4 Å². The highest BCUT2D eigenvalue weighted by atomic mass is 32.2. The van der Waals surface area contributed by atoms with E-state index in [-0.39, 0.29) is 119 Å². The zero-order valence-corrected chi connectivity index (χ0v) is 26.6. The van der Waals surface area contributed by atoms with E-state index in [1.165, 1.54) is 26.2 Å². The molecule has 0 radical (unpaired) electrons. The first-order valence-electron chi connectivity index (χ1n) is 14.1. The molecule has 1 amide bonds. The van der Waals surface area contributed by atoms with Crippen LogP contribution in [-0.2, 0) is 58.3 Å². The maximum atomic E-state index is 12.4. The molecule has 0 saturated heterocycles. The predicted octanol–water partition coefficient (Wildman–Crippen LogP) is 1.70. The number of carbonyl (C=O) groups is 3. The SMILES string of the molecule is C=C(C)C(=O)OCOCCOc1cc2c([N+](=O)[O-])cc1OCCOCCOCCOCOOCCC(=O)NC(C(=O)OC)CSC2. The molecule has 0 saturated carbocycles. The smallest absolute Gasteiger partial charge is 0.335 e. The third kappa shape index (κ3) is 15.7. The van der Waals surface area contributed by atoms with Crippen molar-refractivity contribution in [3.05, 3.63) is 40.0 Å². The molecule has 1 aromatic rings. The number of ether oxygens (including phenoxy) is 8. The molecule has 17 nitrogen and oxygen atoms in total. The summed E-state index contributed by atoms with van der Waals surface area (Å²) in [6.45, 7) is 5.70. The van der Waals surface area contributed by atoms with Gasteiger partial charge in [-0.05, 0) is 13.0 Å². The van der Waals surface area contributed by atoms with E-state index >= 15 is 0 Å². The lowest BCUT2D eigenvalue weighted by Gasteiger charge is -2.17. The summed E-state index contributed by atoms with van der Waals surface area (Å²) in [6, 6.07) is 1.67. The number of esters is 2. The van der Waals surface area contributed by atoms with Crippen LogP contribution < -0.4 is 14.8 Å². The molecule has 258 valence electrons. The molecule has 0 fully saturated rings. The van der Waals surface area contributed by atoms with Crippen LogP contribution in [0.15, 0.2) is 24.3 Å². The number of nitro benzene ring substituents is 1. The maximum absolute atomic E-state index is 12.4. The van der Waals surface area contributed by atoms with Crippen LogP contribution in [0.3, 0.4) is 0 Å². The van der Waals surface area contributed by atoms with Gasteiger partial charge < -0.3 is 43.2 Å². The quantitative estimate of drug-likeness (QED) is 0.0579. The van der Waals surface area contributed by atoms with Gasteiger partial charge in [-0.2, -0.15) is 11.8 Å². The molecule has 1 unspecified atom stereocenters. The van der Waals surface area contributed by atoms with Crippen LogP contribution in [0.4, 0.5) is 5.69 Å². The fourth-order valence-corrected chi connectivity index (χ4v) is 4.45. The summed E-state index contributed by atoms with van der Waals surface area (Å²) in [5.41, 5.74) is 0.260. The maximum Gasteiger partial charge on any atom is 0.335 e. The normalized spacial score (nSPS) is 18.1. The second-order valence-electron chi connectivity index (χ2n) is 9.22. The molecule has 2 aliphatic heterocycles. The number of rotatable bonds is 9. The Labute approximate surface area is 270 Å². The monoisotopic (exact) mass is 676 g/mol. The lowest BCUT2D eigenvalue weighted by atomic mass is 10.2. The Hall–Kier alpha value is -3.52. The molecule has 2 aliphatic rings. The number of nitrogens with zero attached hydrogens (tertiary/aromatic N) is 1. The molecule has 46 heavy (non-hydrogen) atoms. The summed E-state index contributed by atoms with van der Waals surface area (Å²) in [5.74, 6) is -1.38. The number of carbonyl (C=O) groups excluding carboxylic acids is 3. The first-order chi connectivity index (χ1) is 22.2. The summed E-state index contributed by atoms with van der Waals surface area (Å²) in [6.07, 6.45) is -0.116. The number of amides is 1. The van der Waals surface area contributed by atoms with E-state index in [0.717, 1.165) is 11.8 Å². The molecular weight excluding hydrogens is 636 g/mol. The van der Waals surface area contributed by atoms with Crippen LogP contribution in [0.5, 0.6) is 11.5 Å². The number of hydrogen-bond acceptors (Lipinski definition) is 16. The minimum absolute atomic E-state index is 0.00582. The van der Waals surface area contributed by atoms with Crippen molar-refractivity contribution in [2.45, 2.75) is 25.1 Å². The second kappa shape index (κ2) is 22.9. The van der Waals surface area contributed by atoms with E-state index in [0.29, 0.717) is 0 Å². The average Bonchev–Trinajstić information content (AvgIpc) is 3.03. The van der Waals surface area contributed by atoms with Crippen molar-refractivity contribution in [2.24, 2.45) is 0 Å². The highest BCUT2D eigenvalue weighted by Gasteiger charge is 2.24. The van der Waals surface area contributed by atoms with E-state index < -0.39 is 28.8 Å². The number of thioether (sulfide) groups is 1. The number of benzene rings is 1. The van der Waals surface area contributed by atoms with Crippen molar-refractivity contribution in [3.63, 3.8) is 0 Å². The van der Waals surface area contributed by atoms with Crippen molar-refractivity contribution in [2.75, 3.05) is 85.9 Å². The van der Waals surface area contributed by atoms with E-state index in [9.17, 15) is 24.5 Å². The van der Waals surface area contributed by atoms with Gasteiger partial charge >= 0.3 is 11.9 Å². The summed E-state index contributed by atoms with van der Waals surface area (Å²) in [5, 5.41) is 14.5. The van der Waals surface area contributed by atoms with Crippen LogP contribution in [0.1, 0.15) is 18.9 Å². The Morgan fingerprint density at radius 1 is 1.07 bits per heavy atom. The van der Waals surface area contributed by atoms with Gasteiger partial charge in [0.25, 0.3) is 5.69 Å². The highest BCUT2D eigenvalue weighted by molar-refractivity contribution is 7.98. The van der Waals surface area contributed by atoms with Crippen LogP contribution >= 0.6 is 11.8 Å². The highest BCUT2D eigenvalue weighted by Crippen LogP contribution is 2.37. The Morgan fingerprint density at radius 2 is 1.78 bits per heavy atom. The van der Waals surface area contributed by atoms with E-state index in [4.69, 9.17) is 47.7 Å². The summed E-state index contributed by atoms with van der Waals surface area (Å²) in [4.78, 5) is 57.4. The van der Waals surface area contributed by atoms with Crippen LogP contribution in [0.25, 0.3) is 0 Å². The zero-order chi connectivity index (χ0) is 33.6. The Morgan fingerprint density at radius 3 is 2.48 bits per heavy atom. The number of nitro groups is 1. The molecule has 18 heteroatoms.